The van der Waals surface area contributed by atoms with Gasteiger partial charge in [0.2, 0.25) is 0 Å². The highest BCUT2D eigenvalue weighted by atomic mass is 32.1. The molecule has 1 amide bonds. The molecule has 1 aliphatic rings. The van der Waals surface area contributed by atoms with E-state index in [1.54, 1.807) is 34.3 Å². The van der Waals surface area contributed by atoms with E-state index in [-0.39, 0.29) is 11.7 Å². The number of aromatic nitrogens is 2. The van der Waals surface area contributed by atoms with Crippen LogP contribution in [-0.2, 0) is 6.54 Å². The van der Waals surface area contributed by atoms with E-state index in [0.29, 0.717) is 18.7 Å². The van der Waals surface area contributed by atoms with Crippen molar-refractivity contribution in [3.63, 3.8) is 0 Å². The van der Waals surface area contributed by atoms with Crippen molar-refractivity contribution in [1.29, 1.82) is 0 Å². The summed E-state index contributed by atoms with van der Waals surface area (Å²) in [5, 5.41) is 6.43. The number of piperazine rings is 1. The van der Waals surface area contributed by atoms with E-state index in [1.165, 1.54) is 17.0 Å². The topological polar surface area (TPSA) is 41.4 Å². The van der Waals surface area contributed by atoms with E-state index in [9.17, 15) is 9.18 Å². The summed E-state index contributed by atoms with van der Waals surface area (Å²) in [5.74, 6) is -0.281. The molecule has 27 heavy (non-hydrogen) atoms. The van der Waals surface area contributed by atoms with Gasteiger partial charge in [-0.2, -0.15) is 5.10 Å². The molecule has 1 aliphatic heterocycles. The van der Waals surface area contributed by atoms with Crippen molar-refractivity contribution < 1.29 is 9.18 Å². The molecule has 5 nitrogen and oxygen atoms in total. The van der Waals surface area contributed by atoms with Gasteiger partial charge in [-0.1, -0.05) is 6.07 Å². The minimum absolute atomic E-state index is 0.0108. The average Bonchev–Trinajstić information content (AvgIpc) is 3.32. The van der Waals surface area contributed by atoms with Crippen molar-refractivity contribution >= 4 is 17.2 Å². The van der Waals surface area contributed by atoms with E-state index in [0.717, 1.165) is 31.0 Å². The smallest absolute Gasteiger partial charge is 0.257 e. The van der Waals surface area contributed by atoms with Crippen LogP contribution >= 0.6 is 11.3 Å². The van der Waals surface area contributed by atoms with E-state index in [2.05, 4.69) is 27.5 Å². The highest BCUT2D eigenvalue weighted by Gasteiger charge is 2.25. The molecule has 2 aromatic heterocycles. The first kappa shape index (κ1) is 17.9. The maximum absolute atomic E-state index is 13.1. The zero-order valence-corrected chi connectivity index (χ0v) is 16.0. The number of carbonyl (C=O) groups excluding carboxylic acids is 1. The SMILES string of the molecule is Cc1c(C(=O)N2CCN(Cc3cccs3)CC2)cnn1-c1ccc(F)cc1. The van der Waals surface area contributed by atoms with Crippen LogP contribution in [0.3, 0.4) is 0 Å². The Hall–Kier alpha value is -2.51. The molecule has 0 N–H and O–H groups in total. The molecule has 1 fully saturated rings. The quantitative estimate of drug-likeness (QED) is 0.693. The zero-order valence-electron chi connectivity index (χ0n) is 15.1. The van der Waals surface area contributed by atoms with Crippen LogP contribution in [0.25, 0.3) is 5.69 Å². The van der Waals surface area contributed by atoms with Gasteiger partial charge in [-0.05, 0) is 42.6 Å². The molecule has 3 heterocycles. The fraction of sp³-hybridized carbons (Fsp3) is 0.300. The first-order chi connectivity index (χ1) is 13.1. The second-order valence-electron chi connectivity index (χ2n) is 6.68. The van der Waals surface area contributed by atoms with Crippen LogP contribution in [0.5, 0.6) is 0 Å². The van der Waals surface area contributed by atoms with E-state index >= 15 is 0 Å². The lowest BCUT2D eigenvalue weighted by molar-refractivity contribution is 0.0629. The van der Waals surface area contributed by atoms with Gasteiger partial charge in [0.15, 0.2) is 0 Å². The molecule has 0 bridgehead atoms. The van der Waals surface area contributed by atoms with Crippen molar-refractivity contribution in [3.05, 3.63) is 69.9 Å². The minimum Gasteiger partial charge on any atom is -0.336 e. The molecule has 0 atom stereocenters. The Morgan fingerprint density at radius 1 is 1.15 bits per heavy atom. The molecular formula is C20H21FN4OS. The summed E-state index contributed by atoms with van der Waals surface area (Å²) >= 11 is 1.77. The number of thiophene rings is 1. The van der Waals surface area contributed by atoms with E-state index in [4.69, 9.17) is 0 Å². The number of rotatable bonds is 4. The van der Waals surface area contributed by atoms with Gasteiger partial charge in [0, 0.05) is 37.6 Å². The molecule has 3 aromatic rings. The Balaban J connectivity index is 1.42. The number of carbonyl (C=O) groups is 1. The van der Waals surface area contributed by atoms with Gasteiger partial charge in [-0.15, -0.1) is 11.3 Å². The summed E-state index contributed by atoms with van der Waals surface area (Å²) in [5.41, 5.74) is 2.12. The lowest BCUT2D eigenvalue weighted by Crippen LogP contribution is -2.48. The third kappa shape index (κ3) is 3.79. The van der Waals surface area contributed by atoms with Crippen LogP contribution in [0, 0.1) is 12.7 Å². The van der Waals surface area contributed by atoms with Crippen molar-refractivity contribution in [2.75, 3.05) is 26.2 Å². The van der Waals surface area contributed by atoms with Gasteiger partial charge in [0.05, 0.1) is 23.1 Å². The molecule has 7 heteroatoms. The van der Waals surface area contributed by atoms with Crippen molar-refractivity contribution in [2.45, 2.75) is 13.5 Å². The largest absolute Gasteiger partial charge is 0.336 e. The molecule has 0 saturated carbocycles. The zero-order chi connectivity index (χ0) is 18.8. The number of nitrogens with zero attached hydrogens (tertiary/aromatic N) is 4. The van der Waals surface area contributed by atoms with Crippen molar-refractivity contribution in [1.82, 2.24) is 19.6 Å². The Morgan fingerprint density at radius 3 is 2.56 bits per heavy atom. The van der Waals surface area contributed by atoms with Crippen LogP contribution in [0.2, 0.25) is 0 Å². The Morgan fingerprint density at radius 2 is 1.89 bits per heavy atom. The molecule has 1 aromatic carbocycles. The second kappa shape index (κ2) is 7.62. The highest BCUT2D eigenvalue weighted by molar-refractivity contribution is 7.09. The molecule has 0 radical (unpaired) electrons. The van der Waals surface area contributed by atoms with Gasteiger partial charge < -0.3 is 4.90 Å². The van der Waals surface area contributed by atoms with Gasteiger partial charge in [-0.25, -0.2) is 9.07 Å². The van der Waals surface area contributed by atoms with Crippen LogP contribution in [0.15, 0.2) is 48.0 Å². The maximum atomic E-state index is 13.1. The van der Waals surface area contributed by atoms with Gasteiger partial charge in [-0.3, -0.25) is 9.69 Å². The average molecular weight is 384 g/mol. The van der Waals surface area contributed by atoms with Crippen LogP contribution in [0.4, 0.5) is 4.39 Å². The number of benzene rings is 1. The van der Waals surface area contributed by atoms with Crippen LogP contribution in [0.1, 0.15) is 20.9 Å². The first-order valence-corrected chi connectivity index (χ1v) is 9.84. The van der Waals surface area contributed by atoms with Gasteiger partial charge in [0.1, 0.15) is 5.82 Å². The van der Waals surface area contributed by atoms with E-state index in [1.807, 2.05) is 11.8 Å². The standard InChI is InChI=1S/C20H21FN4OS/c1-15-19(13-22-25(15)17-6-4-16(21)5-7-17)20(26)24-10-8-23(9-11-24)14-18-3-2-12-27-18/h2-7,12-13H,8-11,14H2,1H3. The van der Waals surface area contributed by atoms with E-state index < -0.39 is 0 Å². The molecule has 0 spiro atoms. The molecule has 0 unspecified atom stereocenters. The fourth-order valence-corrected chi connectivity index (χ4v) is 4.11. The first-order valence-electron chi connectivity index (χ1n) is 8.96. The summed E-state index contributed by atoms with van der Waals surface area (Å²) < 4.78 is 14.8. The third-order valence-corrected chi connectivity index (χ3v) is 5.79. The number of hydrogen-bond acceptors (Lipinski definition) is 4. The highest BCUT2D eigenvalue weighted by Crippen LogP contribution is 2.18. The minimum atomic E-state index is -0.291. The van der Waals surface area contributed by atoms with Crippen molar-refractivity contribution in [2.24, 2.45) is 0 Å². The second-order valence-corrected chi connectivity index (χ2v) is 7.71. The summed E-state index contributed by atoms with van der Waals surface area (Å²) in [6.07, 6.45) is 1.61. The third-order valence-electron chi connectivity index (χ3n) is 4.93. The van der Waals surface area contributed by atoms with Crippen molar-refractivity contribution in [3.8, 4) is 5.69 Å². The predicted molar refractivity (Wildman–Crippen MR) is 104 cm³/mol. The Bertz CT molecular complexity index is 912. The van der Waals surface area contributed by atoms with Crippen LogP contribution < -0.4 is 0 Å². The molecular weight excluding hydrogens is 363 g/mol. The Kier molecular flexibility index (Phi) is 5.05. The van der Waals surface area contributed by atoms with Gasteiger partial charge in [0.25, 0.3) is 5.91 Å². The Labute approximate surface area is 161 Å². The summed E-state index contributed by atoms with van der Waals surface area (Å²) in [6, 6.07) is 10.3. The predicted octanol–water partition coefficient (Wildman–Crippen LogP) is 3.34. The molecule has 140 valence electrons. The number of halogens is 1. The molecule has 0 aliphatic carbocycles. The molecule has 4 rings (SSSR count). The normalized spacial score (nSPS) is 15.3. The lowest BCUT2D eigenvalue weighted by Gasteiger charge is -2.34. The lowest BCUT2D eigenvalue weighted by atomic mass is 10.2. The van der Waals surface area contributed by atoms with Crippen LogP contribution in [-0.4, -0.2) is 51.7 Å². The van der Waals surface area contributed by atoms with Gasteiger partial charge >= 0.3 is 0 Å². The number of hydrogen-bond donors (Lipinski definition) is 0. The summed E-state index contributed by atoms with van der Waals surface area (Å²) in [6.45, 7) is 5.98. The fourth-order valence-electron chi connectivity index (χ4n) is 3.36. The molecule has 1 saturated heterocycles. The monoisotopic (exact) mass is 384 g/mol. The summed E-state index contributed by atoms with van der Waals surface area (Å²) in [7, 11) is 0. The number of amides is 1. The summed E-state index contributed by atoms with van der Waals surface area (Å²) in [4.78, 5) is 18.6. The maximum Gasteiger partial charge on any atom is 0.257 e.